The van der Waals surface area contributed by atoms with E-state index >= 15 is 0 Å². The molecular weight excluding hydrogens is 399 g/mol. The van der Waals surface area contributed by atoms with Gasteiger partial charge in [-0.3, -0.25) is 0 Å². The minimum atomic E-state index is -6.17. The summed E-state index contributed by atoms with van der Waals surface area (Å²) in [6.07, 6.45) is -12.4. The van der Waals surface area contributed by atoms with Crippen LogP contribution in [-0.2, 0) is 9.47 Å². The molecular formula is C10H3F13O2. The van der Waals surface area contributed by atoms with Gasteiger partial charge in [0.15, 0.2) is 0 Å². The van der Waals surface area contributed by atoms with Crippen LogP contribution in [0.5, 0.6) is 0 Å². The van der Waals surface area contributed by atoms with E-state index in [4.69, 9.17) is 0 Å². The minimum absolute atomic E-state index is 0.0625. The molecule has 0 radical (unpaired) electrons. The zero-order valence-corrected chi connectivity index (χ0v) is 11.0. The van der Waals surface area contributed by atoms with Gasteiger partial charge in [-0.2, -0.15) is 52.7 Å². The van der Waals surface area contributed by atoms with Crippen molar-refractivity contribution >= 4 is 0 Å². The standard InChI is InChI=1S/C5F8O2.C5H3F5/c6-1-2(7)15-3(14-1,4(8,9)10)5(11,12)13;1-2-3(6)4(7,8)5(3,9)10/h;2H,1H2. The number of alkyl halides is 11. The number of halogens is 13. The molecule has 146 valence electrons. The van der Waals surface area contributed by atoms with Gasteiger partial charge in [-0.05, 0) is 6.08 Å². The normalized spacial score (nSPS) is 25.3. The molecule has 0 N–H and O–H groups in total. The Morgan fingerprint density at radius 2 is 1.00 bits per heavy atom. The maximum absolute atomic E-state index is 12.2. The highest BCUT2D eigenvalue weighted by atomic mass is 19.4. The van der Waals surface area contributed by atoms with Crippen LogP contribution >= 0.6 is 0 Å². The van der Waals surface area contributed by atoms with Crippen molar-refractivity contribution in [2.24, 2.45) is 0 Å². The third-order valence-corrected chi connectivity index (χ3v) is 2.89. The zero-order valence-electron chi connectivity index (χ0n) is 11.0. The molecule has 0 aromatic carbocycles. The smallest absolute Gasteiger partial charge is 0.408 e. The summed E-state index contributed by atoms with van der Waals surface area (Å²) >= 11 is 0. The first-order valence-electron chi connectivity index (χ1n) is 5.47. The molecule has 0 aromatic heterocycles. The SMILES string of the molecule is C=CC1(F)C(F)(F)C1(F)F.FC1=C(F)OC(C(F)(F)F)(C(F)(F)F)O1. The Hall–Kier alpha value is -1.83. The second-order valence-electron chi connectivity index (χ2n) is 4.43. The van der Waals surface area contributed by atoms with Crippen LogP contribution < -0.4 is 0 Å². The zero-order chi connectivity index (χ0) is 20.3. The second-order valence-corrected chi connectivity index (χ2v) is 4.43. The fourth-order valence-corrected chi connectivity index (χ4v) is 1.41. The molecule has 0 unspecified atom stereocenters. The number of ether oxygens (including phenoxy) is 2. The largest absolute Gasteiger partial charge is 0.478 e. The molecule has 0 saturated heterocycles. The van der Waals surface area contributed by atoms with Crippen molar-refractivity contribution in [3.63, 3.8) is 0 Å². The summed E-state index contributed by atoms with van der Waals surface area (Å²) in [4.78, 5) is 0. The molecule has 0 spiro atoms. The van der Waals surface area contributed by atoms with Crippen LogP contribution in [0.1, 0.15) is 0 Å². The second kappa shape index (κ2) is 5.33. The van der Waals surface area contributed by atoms with Crippen LogP contribution in [0, 0.1) is 0 Å². The van der Waals surface area contributed by atoms with Crippen LogP contribution in [0.3, 0.4) is 0 Å². The minimum Gasteiger partial charge on any atom is -0.408 e. The molecule has 0 aromatic rings. The summed E-state index contributed by atoms with van der Waals surface area (Å²) in [7, 11) is 0. The highest BCUT2D eigenvalue weighted by Gasteiger charge is 2.97. The van der Waals surface area contributed by atoms with Gasteiger partial charge in [0.2, 0.25) is 0 Å². The van der Waals surface area contributed by atoms with E-state index in [2.05, 4.69) is 16.1 Å². The Balaban J connectivity index is 0.000000271. The third kappa shape index (κ3) is 2.67. The lowest BCUT2D eigenvalue weighted by Crippen LogP contribution is -2.58. The van der Waals surface area contributed by atoms with E-state index in [1.54, 1.807) is 0 Å². The molecule has 0 bridgehead atoms. The van der Waals surface area contributed by atoms with Gasteiger partial charge >= 0.3 is 42.0 Å². The van der Waals surface area contributed by atoms with E-state index in [1.807, 2.05) is 0 Å². The molecule has 15 heteroatoms. The van der Waals surface area contributed by atoms with Crippen LogP contribution in [0.2, 0.25) is 0 Å². The van der Waals surface area contributed by atoms with E-state index < -0.39 is 47.7 Å². The number of rotatable bonds is 1. The monoisotopic (exact) mass is 402 g/mol. The van der Waals surface area contributed by atoms with E-state index in [9.17, 15) is 57.1 Å². The first kappa shape index (κ1) is 21.2. The average molecular weight is 402 g/mol. The molecule has 1 aliphatic carbocycles. The van der Waals surface area contributed by atoms with Crippen LogP contribution in [0.25, 0.3) is 0 Å². The van der Waals surface area contributed by atoms with Crippen LogP contribution in [-0.4, -0.2) is 35.7 Å². The molecule has 25 heavy (non-hydrogen) atoms. The maximum atomic E-state index is 12.2. The number of allylic oxidation sites excluding steroid dienone is 1. The van der Waals surface area contributed by atoms with Gasteiger partial charge in [0.05, 0.1) is 0 Å². The lowest BCUT2D eigenvalue weighted by atomic mass is 10.2. The lowest BCUT2D eigenvalue weighted by Gasteiger charge is -2.30. The van der Waals surface area contributed by atoms with Crippen molar-refractivity contribution in [1.29, 1.82) is 0 Å². The van der Waals surface area contributed by atoms with Crippen LogP contribution in [0.4, 0.5) is 57.1 Å². The van der Waals surface area contributed by atoms with Gasteiger partial charge in [-0.1, -0.05) is 6.58 Å². The van der Waals surface area contributed by atoms with Crippen molar-refractivity contribution in [1.82, 2.24) is 0 Å². The molecule has 1 saturated carbocycles. The summed E-state index contributed by atoms with van der Waals surface area (Å²) < 4.78 is 160. The molecule has 2 nitrogen and oxygen atoms in total. The van der Waals surface area contributed by atoms with E-state index in [0.29, 0.717) is 0 Å². The molecule has 1 heterocycles. The molecule has 1 fully saturated rings. The summed E-state index contributed by atoms with van der Waals surface area (Å²) in [6, 6.07) is -5.41. The van der Waals surface area contributed by atoms with Crippen molar-refractivity contribution in [2.45, 2.75) is 35.7 Å². The summed E-state index contributed by atoms with van der Waals surface area (Å²) in [6.45, 7) is 2.55. The number of hydrogen-bond acceptors (Lipinski definition) is 2. The fraction of sp³-hybridized carbons (Fsp3) is 0.600. The highest BCUT2D eigenvalue weighted by Crippen LogP contribution is 2.68. The van der Waals surface area contributed by atoms with Crippen molar-refractivity contribution in [2.75, 3.05) is 0 Å². The first-order valence-corrected chi connectivity index (χ1v) is 5.47. The van der Waals surface area contributed by atoms with Gasteiger partial charge in [-0.15, -0.1) is 0 Å². The Morgan fingerprint density at radius 1 is 0.720 bits per heavy atom. The van der Waals surface area contributed by atoms with Crippen molar-refractivity contribution < 1.29 is 66.5 Å². The average Bonchev–Trinajstić information content (AvgIpc) is 2.68. The van der Waals surface area contributed by atoms with Gasteiger partial charge in [0.25, 0.3) is 5.67 Å². The Bertz CT molecular complexity index is 541. The van der Waals surface area contributed by atoms with Gasteiger partial charge in [-0.25, -0.2) is 4.39 Å². The topological polar surface area (TPSA) is 18.5 Å². The van der Waals surface area contributed by atoms with E-state index in [0.717, 1.165) is 0 Å². The molecule has 2 aliphatic rings. The molecule has 0 atom stereocenters. The predicted octanol–water partition coefficient (Wildman–Crippen LogP) is 5.08. The molecule has 1 aliphatic heterocycles. The van der Waals surface area contributed by atoms with Gasteiger partial charge in [0, 0.05) is 0 Å². The summed E-state index contributed by atoms with van der Waals surface area (Å²) in [5.74, 6) is -14.4. The van der Waals surface area contributed by atoms with E-state index in [-0.39, 0.29) is 6.08 Å². The lowest BCUT2D eigenvalue weighted by molar-refractivity contribution is -0.442. The first-order chi connectivity index (χ1) is 10.8. The Labute approximate surface area is 128 Å². The van der Waals surface area contributed by atoms with Gasteiger partial charge < -0.3 is 9.47 Å². The third-order valence-electron chi connectivity index (χ3n) is 2.89. The number of hydrogen-bond donors (Lipinski definition) is 0. The molecule has 2 rings (SSSR count). The maximum Gasteiger partial charge on any atom is 0.478 e. The van der Waals surface area contributed by atoms with Crippen molar-refractivity contribution in [3.8, 4) is 0 Å². The van der Waals surface area contributed by atoms with Crippen LogP contribution in [0.15, 0.2) is 24.7 Å². The fourth-order valence-electron chi connectivity index (χ4n) is 1.41. The Kier molecular flexibility index (Phi) is 4.52. The Morgan fingerprint density at radius 3 is 1.08 bits per heavy atom. The highest BCUT2D eigenvalue weighted by molar-refractivity contribution is 5.35. The van der Waals surface area contributed by atoms with E-state index in [1.165, 1.54) is 0 Å². The molecule has 0 amide bonds. The van der Waals surface area contributed by atoms with Crippen molar-refractivity contribution in [3.05, 3.63) is 24.7 Å². The van der Waals surface area contributed by atoms with Gasteiger partial charge in [0.1, 0.15) is 0 Å². The predicted molar refractivity (Wildman–Crippen MR) is 50.2 cm³/mol. The summed E-state index contributed by atoms with van der Waals surface area (Å²) in [5, 5.41) is 0. The quantitative estimate of drug-likeness (QED) is 0.450. The summed E-state index contributed by atoms with van der Waals surface area (Å²) in [5.41, 5.74) is -3.82.